The van der Waals surface area contributed by atoms with Crippen LogP contribution in [0.1, 0.15) is 58.8 Å². The number of fused-ring (bicyclic) bond motifs is 23. The molecule has 2 nitrogen and oxygen atoms in total. The molecule has 8 rings (SSSR count). The van der Waals surface area contributed by atoms with Crippen LogP contribution in [-0.4, -0.2) is 12.1 Å². The van der Waals surface area contributed by atoms with Crippen molar-refractivity contribution in [2.24, 2.45) is 88.8 Å². The largest absolute Gasteiger partial charge is 0.459 e. The SMILES string of the molecule is C=C(C)C(=O)OC1CC2CC(C1)C1C3CC(C21)C1C2CC(C4C5CC(CC5C)C24)C31. The molecule has 0 radical (unpaired) electrons. The van der Waals surface area contributed by atoms with Gasteiger partial charge in [-0.1, -0.05) is 13.5 Å². The van der Waals surface area contributed by atoms with Crippen LogP contribution in [-0.2, 0) is 9.53 Å². The number of hydrogen-bond acceptors (Lipinski definition) is 2. The average molecular weight is 407 g/mol. The van der Waals surface area contributed by atoms with Crippen LogP contribution in [0.4, 0.5) is 0 Å². The van der Waals surface area contributed by atoms with Gasteiger partial charge >= 0.3 is 5.97 Å². The first kappa shape index (κ1) is 17.7. The fraction of sp³-hybridized carbons (Fsp3) is 0.893. The third-order valence-electron chi connectivity index (χ3n) is 12.8. The zero-order chi connectivity index (χ0) is 20.0. The van der Waals surface area contributed by atoms with Crippen molar-refractivity contribution < 1.29 is 9.53 Å². The van der Waals surface area contributed by atoms with E-state index in [1.807, 2.05) is 0 Å². The van der Waals surface area contributed by atoms with Crippen LogP contribution in [0.25, 0.3) is 0 Å². The Labute approximate surface area is 181 Å². The van der Waals surface area contributed by atoms with Gasteiger partial charge in [0.2, 0.25) is 0 Å². The summed E-state index contributed by atoms with van der Waals surface area (Å²) < 4.78 is 5.91. The molecule has 0 heterocycles. The van der Waals surface area contributed by atoms with E-state index in [4.69, 9.17) is 4.74 Å². The minimum atomic E-state index is -0.151. The molecule has 16 unspecified atom stereocenters. The second-order valence-electron chi connectivity index (χ2n) is 13.5. The molecule has 0 aromatic heterocycles. The van der Waals surface area contributed by atoms with E-state index in [2.05, 4.69) is 13.5 Å². The molecular weight excluding hydrogens is 368 g/mol. The van der Waals surface area contributed by atoms with Gasteiger partial charge in [-0.3, -0.25) is 0 Å². The minimum absolute atomic E-state index is 0.151. The zero-order valence-corrected chi connectivity index (χ0v) is 18.7. The van der Waals surface area contributed by atoms with Gasteiger partial charge in [-0.25, -0.2) is 4.79 Å². The molecule has 8 saturated carbocycles. The maximum Gasteiger partial charge on any atom is 0.333 e. The first-order chi connectivity index (χ1) is 14.5. The molecule has 0 aromatic carbocycles. The molecule has 0 N–H and O–H groups in total. The molecule has 0 spiro atoms. The number of hydrogen-bond donors (Lipinski definition) is 0. The summed E-state index contributed by atoms with van der Waals surface area (Å²) in [5.41, 5.74) is 0.565. The summed E-state index contributed by atoms with van der Waals surface area (Å²) in [5.74, 6) is 15.5. The lowest BCUT2D eigenvalue weighted by molar-refractivity contribution is -0.146. The zero-order valence-electron chi connectivity index (χ0n) is 18.7. The van der Waals surface area contributed by atoms with Crippen LogP contribution in [0.15, 0.2) is 12.2 Å². The highest BCUT2D eigenvalue weighted by Crippen LogP contribution is 2.81. The monoisotopic (exact) mass is 406 g/mol. The Balaban J connectivity index is 1.09. The second-order valence-corrected chi connectivity index (χ2v) is 13.5. The molecule has 16 atom stereocenters. The van der Waals surface area contributed by atoms with Gasteiger partial charge in [0.05, 0.1) is 0 Å². The Morgan fingerprint density at radius 1 is 0.667 bits per heavy atom. The molecule has 8 fully saturated rings. The van der Waals surface area contributed by atoms with Gasteiger partial charge in [-0.15, -0.1) is 0 Å². The number of rotatable bonds is 2. The van der Waals surface area contributed by atoms with E-state index >= 15 is 0 Å². The van der Waals surface area contributed by atoms with Gasteiger partial charge in [0.1, 0.15) is 6.10 Å². The molecule has 0 aliphatic heterocycles. The molecule has 8 bridgehead atoms. The lowest BCUT2D eigenvalue weighted by Gasteiger charge is -2.50. The summed E-state index contributed by atoms with van der Waals surface area (Å²) in [4.78, 5) is 12.2. The van der Waals surface area contributed by atoms with Crippen LogP contribution in [0.5, 0.6) is 0 Å². The van der Waals surface area contributed by atoms with Gasteiger partial charge in [-0.2, -0.15) is 0 Å². The van der Waals surface area contributed by atoms with E-state index in [0.29, 0.717) is 5.57 Å². The first-order valence-corrected chi connectivity index (χ1v) is 13.4. The topological polar surface area (TPSA) is 26.3 Å². The van der Waals surface area contributed by atoms with Gasteiger partial charge in [0.15, 0.2) is 0 Å². The Hall–Kier alpha value is -0.790. The summed E-state index contributed by atoms with van der Waals surface area (Å²) in [5, 5.41) is 0. The molecule has 30 heavy (non-hydrogen) atoms. The fourth-order valence-electron chi connectivity index (χ4n) is 12.9. The Morgan fingerprint density at radius 2 is 1.17 bits per heavy atom. The van der Waals surface area contributed by atoms with Crippen molar-refractivity contribution in [2.75, 3.05) is 0 Å². The predicted octanol–water partition coefficient (Wildman–Crippen LogP) is 5.58. The average Bonchev–Trinajstić information content (AvgIpc) is 3.51. The van der Waals surface area contributed by atoms with Crippen LogP contribution >= 0.6 is 0 Å². The summed E-state index contributed by atoms with van der Waals surface area (Å²) in [6.07, 6.45) is 10.3. The van der Waals surface area contributed by atoms with Gasteiger partial charge in [0, 0.05) is 5.57 Å². The normalized spacial score (nSPS) is 65.0. The van der Waals surface area contributed by atoms with Gasteiger partial charge in [-0.05, 0) is 141 Å². The highest BCUT2D eigenvalue weighted by Gasteiger charge is 2.75. The van der Waals surface area contributed by atoms with E-state index in [1.54, 1.807) is 32.6 Å². The van der Waals surface area contributed by atoms with E-state index in [1.165, 1.54) is 6.42 Å². The Kier molecular flexibility index (Phi) is 3.29. The predicted molar refractivity (Wildman–Crippen MR) is 115 cm³/mol. The molecule has 0 aromatic rings. The first-order valence-electron chi connectivity index (χ1n) is 13.4. The summed E-state index contributed by atoms with van der Waals surface area (Å²) in [6.45, 7) is 8.17. The van der Waals surface area contributed by atoms with E-state index in [9.17, 15) is 4.79 Å². The summed E-state index contributed by atoms with van der Waals surface area (Å²) in [6, 6.07) is 0. The van der Waals surface area contributed by atoms with Crippen molar-refractivity contribution in [2.45, 2.75) is 64.9 Å². The lowest BCUT2D eigenvalue weighted by Crippen LogP contribution is -2.46. The van der Waals surface area contributed by atoms with Gasteiger partial charge in [0.25, 0.3) is 0 Å². The van der Waals surface area contributed by atoms with E-state index < -0.39 is 0 Å². The maximum atomic E-state index is 12.2. The molecule has 0 saturated heterocycles. The quantitative estimate of drug-likeness (QED) is 0.340. The van der Waals surface area contributed by atoms with Crippen LogP contribution < -0.4 is 0 Å². The number of ether oxygens (including phenoxy) is 1. The molecule has 2 heteroatoms. The van der Waals surface area contributed by atoms with Crippen LogP contribution in [0, 0.1) is 88.8 Å². The third kappa shape index (κ3) is 1.90. The van der Waals surface area contributed by atoms with Gasteiger partial charge < -0.3 is 4.74 Å². The van der Waals surface area contributed by atoms with Crippen LogP contribution in [0.3, 0.4) is 0 Å². The standard InChI is InChI=1S/C28H38O2/c1-11(2)28(29)30-16-6-14-5-15(7-16)23-19-9-18(22(14)23)26-20-10-21(27(19)26)25-17-8-13(24(20)25)4-12(17)3/h12-27H,1,4-10H2,2-3H3. The second kappa shape index (κ2) is 5.57. The van der Waals surface area contributed by atoms with Crippen molar-refractivity contribution in [1.82, 2.24) is 0 Å². The third-order valence-corrected chi connectivity index (χ3v) is 12.8. The molecule has 162 valence electrons. The number of carbonyl (C=O) groups excluding carboxylic acids is 1. The minimum Gasteiger partial charge on any atom is -0.459 e. The smallest absolute Gasteiger partial charge is 0.333 e. The summed E-state index contributed by atoms with van der Waals surface area (Å²) in [7, 11) is 0. The fourth-order valence-corrected chi connectivity index (χ4v) is 12.9. The number of esters is 1. The van der Waals surface area contributed by atoms with Crippen molar-refractivity contribution >= 4 is 5.97 Å². The van der Waals surface area contributed by atoms with Crippen molar-refractivity contribution in [3.8, 4) is 0 Å². The van der Waals surface area contributed by atoms with E-state index in [-0.39, 0.29) is 12.1 Å². The Morgan fingerprint density at radius 3 is 1.77 bits per heavy atom. The molecule has 0 amide bonds. The summed E-state index contributed by atoms with van der Waals surface area (Å²) >= 11 is 0. The molecule has 8 aliphatic carbocycles. The lowest BCUT2D eigenvalue weighted by atomic mass is 9.55. The number of carbonyl (C=O) groups is 1. The Bertz CT molecular complexity index is 830. The van der Waals surface area contributed by atoms with Crippen molar-refractivity contribution in [3.63, 3.8) is 0 Å². The molecular formula is C28H38O2. The van der Waals surface area contributed by atoms with Crippen molar-refractivity contribution in [1.29, 1.82) is 0 Å². The maximum absolute atomic E-state index is 12.2. The highest BCUT2D eigenvalue weighted by atomic mass is 16.5. The highest BCUT2D eigenvalue weighted by molar-refractivity contribution is 5.87. The van der Waals surface area contributed by atoms with Crippen molar-refractivity contribution in [3.05, 3.63) is 12.2 Å². The molecule has 8 aliphatic rings. The van der Waals surface area contributed by atoms with Crippen LogP contribution in [0.2, 0.25) is 0 Å². The van der Waals surface area contributed by atoms with E-state index in [0.717, 1.165) is 102 Å².